The molecule has 2 heterocycles. The quantitative estimate of drug-likeness (QED) is 0.808. The van der Waals surface area contributed by atoms with Crippen molar-refractivity contribution in [1.29, 1.82) is 0 Å². The molecule has 0 radical (unpaired) electrons. The smallest absolute Gasteiger partial charge is 0.268 e. The second-order valence-corrected chi connectivity index (χ2v) is 5.43. The fourth-order valence-electron chi connectivity index (χ4n) is 2.56. The summed E-state index contributed by atoms with van der Waals surface area (Å²) in [6, 6.07) is 6.03. The number of benzene rings is 1. The molecule has 5 nitrogen and oxygen atoms in total. The van der Waals surface area contributed by atoms with Gasteiger partial charge in [-0.05, 0) is 31.2 Å². The van der Waals surface area contributed by atoms with Crippen LogP contribution in [0.3, 0.4) is 0 Å². The zero-order chi connectivity index (χ0) is 15.9. The zero-order valence-corrected chi connectivity index (χ0v) is 12.7. The van der Waals surface area contributed by atoms with E-state index in [0.29, 0.717) is 11.1 Å². The molecular formula is C16H17FN4O. The number of aryl methyl sites for hydroxylation is 2. The lowest BCUT2D eigenvalue weighted by Crippen LogP contribution is -2.28. The van der Waals surface area contributed by atoms with Crippen molar-refractivity contribution < 1.29 is 9.18 Å². The molecule has 3 rings (SSSR count). The first-order chi connectivity index (χ1) is 10.5. The Hall–Kier alpha value is -2.63. The summed E-state index contributed by atoms with van der Waals surface area (Å²) in [6.45, 7) is 1.90. The minimum absolute atomic E-state index is 0.157. The number of hydrogen-bond donors (Lipinski definition) is 1. The molecule has 0 saturated carbocycles. The molecule has 1 amide bonds. The number of carbonyl (C=O) groups is 1. The van der Waals surface area contributed by atoms with Gasteiger partial charge in [0.2, 0.25) is 0 Å². The molecule has 0 saturated heterocycles. The van der Waals surface area contributed by atoms with Crippen LogP contribution >= 0.6 is 0 Å². The highest BCUT2D eigenvalue weighted by atomic mass is 19.1. The molecule has 1 aromatic carbocycles. The van der Waals surface area contributed by atoms with Crippen molar-refractivity contribution in [3.05, 3.63) is 53.7 Å². The molecule has 0 fully saturated rings. The van der Waals surface area contributed by atoms with Gasteiger partial charge in [0, 0.05) is 36.8 Å². The number of amides is 1. The number of halogens is 1. The third kappa shape index (κ3) is 2.47. The van der Waals surface area contributed by atoms with Gasteiger partial charge >= 0.3 is 0 Å². The lowest BCUT2D eigenvalue weighted by Gasteiger charge is -2.12. The van der Waals surface area contributed by atoms with Crippen molar-refractivity contribution >= 4 is 16.8 Å². The number of aromatic nitrogens is 3. The van der Waals surface area contributed by atoms with Gasteiger partial charge < -0.3 is 9.88 Å². The van der Waals surface area contributed by atoms with Gasteiger partial charge in [0.25, 0.3) is 5.91 Å². The van der Waals surface area contributed by atoms with E-state index in [1.165, 1.54) is 12.1 Å². The molecule has 3 aromatic rings. The Labute approximate surface area is 127 Å². The predicted molar refractivity (Wildman–Crippen MR) is 82.0 cm³/mol. The van der Waals surface area contributed by atoms with Crippen LogP contribution in [0.1, 0.15) is 29.0 Å². The Morgan fingerprint density at radius 3 is 2.77 bits per heavy atom. The SMILES string of the molecule is C[C@@H](NC(=O)c1cc2cc(F)ccc2n1C)c1cnn(C)c1. The number of fused-ring (bicyclic) bond motifs is 1. The molecular weight excluding hydrogens is 283 g/mol. The van der Waals surface area contributed by atoms with Crippen LogP contribution in [-0.2, 0) is 14.1 Å². The average molecular weight is 300 g/mol. The topological polar surface area (TPSA) is 51.9 Å². The van der Waals surface area contributed by atoms with Gasteiger partial charge in [-0.15, -0.1) is 0 Å². The Morgan fingerprint density at radius 2 is 2.09 bits per heavy atom. The summed E-state index contributed by atoms with van der Waals surface area (Å²) in [5.41, 5.74) is 2.25. The second kappa shape index (κ2) is 5.29. The third-order valence-electron chi connectivity index (χ3n) is 3.81. The molecule has 2 aromatic heterocycles. The number of nitrogens with one attached hydrogen (secondary N) is 1. The molecule has 0 aliphatic carbocycles. The van der Waals surface area contributed by atoms with E-state index < -0.39 is 0 Å². The van der Waals surface area contributed by atoms with Crippen molar-refractivity contribution in [2.75, 3.05) is 0 Å². The van der Waals surface area contributed by atoms with Crippen molar-refractivity contribution in [1.82, 2.24) is 19.7 Å². The van der Waals surface area contributed by atoms with Crippen LogP contribution in [0.25, 0.3) is 10.9 Å². The van der Waals surface area contributed by atoms with Gasteiger partial charge in [-0.25, -0.2) is 4.39 Å². The van der Waals surface area contributed by atoms with Crippen molar-refractivity contribution in [3.8, 4) is 0 Å². The Morgan fingerprint density at radius 1 is 1.32 bits per heavy atom. The molecule has 114 valence electrons. The lowest BCUT2D eigenvalue weighted by atomic mass is 10.2. The van der Waals surface area contributed by atoms with Gasteiger partial charge in [0.05, 0.1) is 12.2 Å². The van der Waals surface area contributed by atoms with Crippen LogP contribution in [-0.4, -0.2) is 20.3 Å². The first kappa shape index (κ1) is 14.3. The molecule has 22 heavy (non-hydrogen) atoms. The van der Waals surface area contributed by atoms with Gasteiger partial charge in [-0.3, -0.25) is 9.48 Å². The normalized spacial score (nSPS) is 12.5. The minimum Gasteiger partial charge on any atom is -0.344 e. The van der Waals surface area contributed by atoms with Gasteiger partial charge in [-0.1, -0.05) is 0 Å². The summed E-state index contributed by atoms with van der Waals surface area (Å²) in [6.07, 6.45) is 3.59. The Bertz CT molecular complexity index is 849. The summed E-state index contributed by atoms with van der Waals surface area (Å²) in [5.74, 6) is -0.510. The molecule has 6 heteroatoms. The van der Waals surface area contributed by atoms with Gasteiger partial charge in [0.1, 0.15) is 11.5 Å². The van der Waals surface area contributed by atoms with Crippen LogP contribution in [0, 0.1) is 5.82 Å². The summed E-state index contributed by atoms with van der Waals surface area (Å²) >= 11 is 0. The first-order valence-corrected chi connectivity index (χ1v) is 7.00. The number of nitrogens with zero attached hydrogens (tertiary/aromatic N) is 3. The van der Waals surface area contributed by atoms with E-state index in [9.17, 15) is 9.18 Å². The van der Waals surface area contributed by atoms with Crippen molar-refractivity contribution in [2.24, 2.45) is 14.1 Å². The Balaban J connectivity index is 1.87. The maximum atomic E-state index is 13.3. The van der Waals surface area contributed by atoms with E-state index in [1.807, 2.05) is 20.2 Å². The summed E-state index contributed by atoms with van der Waals surface area (Å²) in [7, 11) is 3.63. The monoisotopic (exact) mass is 300 g/mol. The molecule has 0 aliphatic heterocycles. The highest BCUT2D eigenvalue weighted by molar-refractivity contribution is 5.98. The zero-order valence-electron chi connectivity index (χ0n) is 12.7. The average Bonchev–Trinajstić information content (AvgIpc) is 3.03. The maximum absolute atomic E-state index is 13.3. The van der Waals surface area contributed by atoms with E-state index in [0.717, 1.165) is 11.1 Å². The third-order valence-corrected chi connectivity index (χ3v) is 3.81. The van der Waals surface area contributed by atoms with E-state index in [4.69, 9.17) is 0 Å². The van der Waals surface area contributed by atoms with E-state index >= 15 is 0 Å². The molecule has 1 atom stereocenters. The molecule has 0 aliphatic rings. The first-order valence-electron chi connectivity index (χ1n) is 7.00. The van der Waals surface area contributed by atoms with Crippen molar-refractivity contribution in [3.63, 3.8) is 0 Å². The molecule has 0 unspecified atom stereocenters. The molecule has 1 N–H and O–H groups in total. The van der Waals surface area contributed by atoms with Crippen LogP contribution in [0.4, 0.5) is 4.39 Å². The molecule has 0 spiro atoms. The van der Waals surface area contributed by atoms with Crippen LogP contribution in [0.5, 0.6) is 0 Å². The minimum atomic E-state index is -0.311. The van der Waals surface area contributed by atoms with Crippen LogP contribution < -0.4 is 5.32 Å². The second-order valence-electron chi connectivity index (χ2n) is 5.43. The summed E-state index contributed by atoms with van der Waals surface area (Å²) < 4.78 is 16.7. The number of hydrogen-bond acceptors (Lipinski definition) is 2. The van der Waals surface area contributed by atoms with Crippen LogP contribution in [0.15, 0.2) is 36.7 Å². The van der Waals surface area contributed by atoms with Crippen LogP contribution in [0.2, 0.25) is 0 Å². The fourth-order valence-corrected chi connectivity index (χ4v) is 2.56. The van der Waals surface area contributed by atoms with E-state index in [2.05, 4.69) is 10.4 Å². The summed E-state index contributed by atoms with van der Waals surface area (Å²) in [5, 5.41) is 7.74. The standard InChI is InChI=1S/C16H17FN4O/c1-10(12-8-18-20(2)9-12)19-16(22)15-7-11-6-13(17)4-5-14(11)21(15)3/h4-10H,1-3H3,(H,19,22)/t10-/m1/s1. The van der Waals surface area contributed by atoms with E-state index in [-0.39, 0.29) is 17.8 Å². The number of rotatable bonds is 3. The predicted octanol–water partition coefficient (Wildman–Crippen LogP) is 2.54. The Kier molecular flexibility index (Phi) is 3.44. The van der Waals surface area contributed by atoms with E-state index in [1.54, 1.807) is 34.6 Å². The maximum Gasteiger partial charge on any atom is 0.268 e. The number of carbonyl (C=O) groups excluding carboxylic acids is 1. The highest BCUT2D eigenvalue weighted by Crippen LogP contribution is 2.20. The fraction of sp³-hybridized carbons (Fsp3) is 0.250. The largest absolute Gasteiger partial charge is 0.344 e. The van der Waals surface area contributed by atoms with Crippen molar-refractivity contribution in [2.45, 2.75) is 13.0 Å². The highest BCUT2D eigenvalue weighted by Gasteiger charge is 2.17. The lowest BCUT2D eigenvalue weighted by molar-refractivity contribution is 0.0932. The van der Waals surface area contributed by atoms with Gasteiger partial charge in [-0.2, -0.15) is 5.10 Å². The summed E-state index contributed by atoms with van der Waals surface area (Å²) in [4.78, 5) is 12.5. The molecule has 0 bridgehead atoms. The van der Waals surface area contributed by atoms with Gasteiger partial charge in [0.15, 0.2) is 0 Å².